The molecule has 4 nitrogen and oxygen atoms in total. The molecule has 1 aromatic rings. The average Bonchev–Trinajstić information content (AvgIpc) is 3.45. The first-order valence-electron chi connectivity index (χ1n) is 9.40. The van der Waals surface area contributed by atoms with Crippen molar-refractivity contribution in [3.8, 4) is 0 Å². The fourth-order valence-corrected chi connectivity index (χ4v) is 3.60. The molecule has 1 saturated heterocycles. The molecule has 1 heterocycles. The highest BCUT2D eigenvalue weighted by Gasteiger charge is 2.38. The molecule has 1 saturated carbocycles. The van der Waals surface area contributed by atoms with Gasteiger partial charge >= 0.3 is 0 Å². The van der Waals surface area contributed by atoms with Crippen molar-refractivity contribution >= 4 is 17.9 Å². The van der Waals surface area contributed by atoms with Gasteiger partial charge < -0.3 is 9.80 Å². The number of benzene rings is 1. The van der Waals surface area contributed by atoms with Crippen molar-refractivity contribution in [1.82, 2.24) is 9.80 Å². The summed E-state index contributed by atoms with van der Waals surface area (Å²) in [6, 6.07) is 10.6. The third-order valence-corrected chi connectivity index (χ3v) is 5.12. The second-order valence-electron chi connectivity index (χ2n) is 7.41. The van der Waals surface area contributed by atoms with E-state index < -0.39 is 0 Å². The molecule has 134 valence electrons. The molecular formula is C21H28N2O2. The standard InChI is InChI=1S/C21H28N2O2/c1-16(2)23(19-9-10-19)21(25)18-12-14-22(15-13-18)20(24)11-8-17-6-4-3-5-7-17/h3-8,11,16,18-19H,9-10,12-15H2,1-2H3/b11-8+. The molecule has 0 bridgehead atoms. The van der Waals surface area contributed by atoms with Gasteiger partial charge in [-0.25, -0.2) is 0 Å². The molecule has 25 heavy (non-hydrogen) atoms. The molecule has 1 aliphatic carbocycles. The van der Waals surface area contributed by atoms with Crippen LogP contribution in [0.25, 0.3) is 6.08 Å². The van der Waals surface area contributed by atoms with Gasteiger partial charge in [0.2, 0.25) is 11.8 Å². The van der Waals surface area contributed by atoms with Crippen LogP contribution in [-0.4, -0.2) is 46.8 Å². The highest BCUT2D eigenvalue weighted by atomic mass is 16.2. The van der Waals surface area contributed by atoms with Gasteiger partial charge in [0.15, 0.2) is 0 Å². The van der Waals surface area contributed by atoms with Crippen molar-refractivity contribution in [1.29, 1.82) is 0 Å². The van der Waals surface area contributed by atoms with E-state index in [1.807, 2.05) is 41.3 Å². The fraction of sp³-hybridized carbons (Fsp3) is 0.524. The normalized spacial score (nSPS) is 18.8. The summed E-state index contributed by atoms with van der Waals surface area (Å²) >= 11 is 0. The Morgan fingerprint density at radius 3 is 2.28 bits per heavy atom. The van der Waals surface area contributed by atoms with E-state index in [0.29, 0.717) is 25.0 Å². The number of likely N-dealkylation sites (tertiary alicyclic amines) is 1. The highest BCUT2D eigenvalue weighted by Crippen LogP contribution is 2.32. The van der Waals surface area contributed by atoms with Crippen molar-refractivity contribution < 1.29 is 9.59 Å². The Morgan fingerprint density at radius 2 is 1.72 bits per heavy atom. The molecule has 2 amide bonds. The first-order chi connectivity index (χ1) is 12.1. The van der Waals surface area contributed by atoms with Crippen molar-refractivity contribution in [2.75, 3.05) is 13.1 Å². The highest BCUT2D eigenvalue weighted by molar-refractivity contribution is 5.92. The minimum atomic E-state index is 0.0395. The maximum absolute atomic E-state index is 12.8. The van der Waals surface area contributed by atoms with Crippen LogP contribution in [0, 0.1) is 5.92 Å². The van der Waals surface area contributed by atoms with Gasteiger partial charge in [-0.1, -0.05) is 30.3 Å². The topological polar surface area (TPSA) is 40.6 Å². The second kappa shape index (κ2) is 7.85. The summed E-state index contributed by atoms with van der Waals surface area (Å²) < 4.78 is 0. The summed E-state index contributed by atoms with van der Waals surface area (Å²) in [5.74, 6) is 0.409. The van der Waals surface area contributed by atoms with E-state index in [4.69, 9.17) is 0 Å². The van der Waals surface area contributed by atoms with Crippen LogP contribution in [0.2, 0.25) is 0 Å². The molecule has 0 spiro atoms. The molecule has 0 radical (unpaired) electrons. The van der Waals surface area contributed by atoms with Gasteiger partial charge in [0, 0.05) is 37.2 Å². The summed E-state index contributed by atoms with van der Waals surface area (Å²) in [5, 5.41) is 0. The molecule has 1 aromatic carbocycles. The zero-order chi connectivity index (χ0) is 17.8. The lowest BCUT2D eigenvalue weighted by Gasteiger charge is -2.35. The molecule has 0 unspecified atom stereocenters. The first kappa shape index (κ1) is 17.7. The van der Waals surface area contributed by atoms with Gasteiger partial charge in [0.25, 0.3) is 0 Å². The van der Waals surface area contributed by atoms with Crippen molar-refractivity contribution in [2.24, 2.45) is 5.92 Å². The zero-order valence-corrected chi connectivity index (χ0v) is 15.2. The van der Waals surface area contributed by atoms with E-state index in [1.165, 1.54) is 0 Å². The molecule has 2 aliphatic rings. The predicted octanol–water partition coefficient (Wildman–Crippen LogP) is 3.34. The number of amides is 2. The van der Waals surface area contributed by atoms with Crippen LogP contribution >= 0.6 is 0 Å². The maximum atomic E-state index is 12.8. The van der Waals surface area contributed by atoms with Crippen LogP contribution in [0.5, 0.6) is 0 Å². The van der Waals surface area contributed by atoms with E-state index in [-0.39, 0.29) is 17.9 Å². The summed E-state index contributed by atoms with van der Waals surface area (Å²) in [5.41, 5.74) is 1.03. The minimum Gasteiger partial charge on any atom is -0.339 e. The number of carbonyl (C=O) groups excluding carboxylic acids is 2. The summed E-state index contributed by atoms with van der Waals surface area (Å²) in [4.78, 5) is 29.1. The molecule has 3 rings (SSSR count). The smallest absolute Gasteiger partial charge is 0.246 e. The van der Waals surface area contributed by atoms with Crippen LogP contribution in [0.15, 0.2) is 36.4 Å². The zero-order valence-electron chi connectivity index (χ0n) is 15.2. The van der Waals surface area contributed by atoms with E-state index in [9.17, 15) is 9.59 Å². The quantitative estimate of drug-likeness (QED) is 0.772. The fourth-order valence-electron chi connectivity index (χ4n) is 3.60. The first-order valence-corrected chi connectivity index (χ1v) is 9.40. The van der Waals surface area contributed by atoms with Crippen molar-refractivity contribution in [2.45, 2.75) is 51.6 Å². The minimum absolute atomic E-state index is 0.0395. The Kier molecular flexibility index (Phi) is 5.57. The van der Waals surface area contributed by atoms with E-state index in [1.54, 1.807) is 6.08 Å². The molecular weight excluding hydrogens is 312 g/mol. The molecule has 2 fully saturated rings. The lowest BCUT2D eigenvalue weighted by atomic mass is 9.94. The lowest BCUT2D eigenvalue weighted by molar-refractivity contribution is -0.141. The second-order valence-corrected chi connectivity index (χ2v) is 7.41. The Bertz CT molecular complexity index is 625. The predicted molar refractivity (Wildman–Crippen MR) is 99.8 cm³/mol. The molecule has 0 aromatic heterocycles. The third-order valence-electron chi connectivity index (χ3n) is 5.12. The summed E-state index contributed by atoms with van der Waals surface area (Å²) in [7, 11) is 0. The van der Waals surface area contributed by atoms with Crippen molar-refractivity contribution in [3.05, 3.63) is 42.0 Å². The molecule has 0 N–H and O–H groups in total. The van der Waals surface area contributed by atoms with E-state index in [2.05, 4.69) is 18.7 Å². The lowest BCUT2D eigenvalue weighted by Crippen LogP contribution is -2.47. The third kappa shape index (κ3) is 4.50. The van der Waals surface area contributed by atoms with Crippen LogP contribution in [-0.2, 0) is 9.59 Å². The number of piperidine rings is 1. The van der Waals surface area contributed by atoms with E-state index in [0.717, 1.165) is 31.2 Å². The molecule has 4 heteroatoms. The number of nitrogens with zero attached hydrogens (tertiary/aromatic N) is 2. The van der Waals surface area contributed by atoms with Gasteiger partial charge in [-0.2, -0.15) is 0 Å². The van der Waals surface area contributed by atoms with Crippen LogP contribution in [0.1, 0.15) is 45.1 Å². The Hall–Kier alpha value is -2.10. The Balaban J connectivity index is 1.52. The van der Waals surface area contributed by atoms with Crippen molar-refractivity contribution in [3.63, 3.8) is 0 Å². The van der Waals surface area contributed by atoms with Crippen LogP contribution < -0.4 is 0 Å². The van der Waals surface area contributed by atoms with E-state index >= 15 is 0 Å². The number of hydrogen-bond donors (Lipinski definition) is 0. The Labute approximate surface area is 150 Å². The van der Waals surface area contributed by atoms with Crippen LogP contribution in [0.4, 0.5) is 0 Å². The van der Waals surface area contributed by atoms with Gasteiger partial charge in [-0.3, -0.25) is 9.59 Å². The summed E-state index contributed by atoms with van der Waals surface area (Å²) in [6.45, 7) is 5.54. The summed E-state index contributed by atoms with van der Waals surface area (Å²) in [6.07, 6.45) is 7.34. The van der Waals surface area contributed by atoms with Gasteiger partial charge in [0.05, 0.1) is 0 Å². The number of rotatable bonds is 5. The average molecular weight is 340 g/mol. The Morgan fingerprint density at radius 1 is 1.08 bits per heavy atom. The largest absolute Gasteiger partial charge is 0.339 e. The number of carbonyl (C=O) groups is 2. The van der Waals surface area contributed by atoms with Crippen LogP contribution in [0.3, 0.4) is 0 Å². The molecule has 1 aliphatic heterocycles. The van der Waals surface area contributed by atoms with Gasteiger partial charge in [-0.15, -0.1) is 0 Å². The van der Waals surface area contributed by atoms with Gasteiger partial charge in [-0.05, 0) is 51.2 Å². The SMILES string of the molecule is CC(C)N(C(=O)C1CCN(C(=O)/C=C/c2ccccc2)CC1)C1CC1. The van der Waals surface area contributed by atoms with Gasteiger partial charge in [0.1, 0.15) is 0 Å². The number of hydrogen-bond acceptors (Lipinski definition) is 2. The maximum Gasteiger partial charge on any atom is 0.246 e. The molecule has 0 atom stereocenters. The monoisotopic (exact) mass is 340 g/mol.